The molecule has 2 aromatic carbocycles. The normalized spacial score (nSPS) is 11.4. The highest BCUT2D eigenvalue weighted by molar-refractivity contribution is 5.95. The van der Waals surface area contributed by atoms with Crippen LogP contribution in [-0.2, 0) is 13.5 Å². The Bertz CT molecular complexity index is 1240. The minimum Gasteiger partial charge on any atom is -0.351 e. The lowest BCUT2D eigenvalue weighted by molar-refractivity contribution is 0.0952. The number of halogens is 1. The zero-order chi connectivity index (χ0) is 22.1. The van der Waals surface area contributed by atoms with Crippen molar-refractivity contribution in [1.29, 1.82) is 0 Å². The molecule has 0 atom stereocenters. The molecule has 2 aromatic heterocycles. The Balaban J connectivity index is 1.50. The van der Waals surface area contributed by atoms with E-state index in [4.69, 9.17) is 0 Å². The first-order chi connectivity index (χ1) is 14.8. The lowest BCUT2D eigenvalue weighted by atomic mass is 10.0. The van der Waals surface area contributed by atoms with Crippen LogP contribution in [0.2, 0.25) is 0 Å². The number of nitrogens with one attached hydrogen (secondary N) is 1. The zero-order valence-electron chi connectivity index (χ0n) is 18.2. The monoisotopic (exact) mass is 419 g/mol. The lowest BCUT2D eigenvalue weighted by Crippen LogP contribution is -2.27. The van der Waals surface area contributed by atoms with Crippen molar-refractivity contribution in [3.05, 3.63) is 77.1 Å². The predicted octanol–water partition coefficient (Wildman–Crippen LogP) is 4.30. The molecule has 0 fully saturated rings. The summed E-state index contributed by atoms with van der Waals surface area (Å²) < 4.78 is 17.2. The van der Waals surface area contributed by atoms with Crippen LogP contribution in [0.4, 0.5) is 4.39 Å². The van der Waals surface area contributed by atoms with E-state index in [-0.39, 0.29) is 17.6 Å². The van der Waals surface area contributed by atoms with Crippen molar-refractivity contribution in [2.24, 2.45) is 7.05 Å². The van der Waals surface area contributed by atoms with Gasteiger partial charge in [0.1, 0.15) is 11.6 Å². The summed E-state index contributed by atoms with van der Waals surface area (Å²) in [6.45, 7) is 6.57. The molecule has 0 spiro atoms. The first-order valence-electron chi connectivity index (χ1n) is 10.4. The second kappa shape index (κ2) is 8.34. The average molecular weight is 420 g/mol. The van der Waals surface area contributed by atoms with Gasteiger partial charge in [-0.15, -0.1) is 0 Å². The first-order valence-corrected chi connectivity index (χ1v) is 10.4. The number of aryl methyl sites for hydroxylation is 2. The first kappa shape index (κ1) is 20.8. The van der Waals surface area contributed by atoms with Crippen LogP contribution in [-0.4, -0.2) is 31.8 Å². The molecule has 0 radical (unpaired) electrons. The van der Waals surface area contributed by atoms with E-state index in [0.717, 1.165) is 28.2 Å². The van der Waals surface area contributed by atoms with Gasteiger partial charge in [-0.25, -0.2) is 14.1 Å². The minimum absolute atomic E-state index is 0.124. The van der Waals surface area contributed by atoms with Gasteiger partial charge in [0.15, 0.2) is 0 Å². The number of carbonyl (C=O) groups excluding carboxylic acids is 1. The summed E-state index contributed by atoms with van der Waals surface area (Å²) >= 11 is 0. The number of imidazole rings is 1. The van der Waals surface area contributed by atoms with Crippen molar-refractivity contribution in [2.45, 2.75) is 33.1 Å². The van der Waals surface area contributed by atoms with E-state index < -0.39 is 0 Å². The van der Waals surface area contributed by atoms with Crippen molar-refractivity contribution in [2.75, 3.05) is 6.54 Å². The molecule has 0 aliphatic heterocycles. The van der Waals surface area contributed by atoms with Crippen LogP contribution >= 0.6 is 0 Å². The fourth-order valence-electron chi connectivity index (χ4n) is 3.80. The molecule has 160 valence electrons. The highest BCUT2D eigenvalue weighted by Crippen LogP contribution is 2.23. The van der Waals surface area contributed by atoms with E-state index in [1.165, 1.54) is 17.7 Å². The molecule has 2 heterocycles. The second-order valence-electron chi connectivity index (χ2n) is 8.07. The summed E-state index contributed by atoms with van der Waals surface area (Å²) in [6, 6.07) is 12.6. The van der Waals surface area contributed by atoms with Gasteiger partial charge in [-0.05, 0) is 43.2 Å². The summed E-state index contributed by atoms with van der Waals surface area (Å²) in [5.74, 6) is 0.466. The third kappa shape index (κ3) is 4.08. The SMILES string of the molecule is Cc1ccc(-n2ncc(C(=O)NCCc3nc4ccc(F)cc4n3C)c2C(C)C)cc1. The van der Waals surface area contributed by atoms with E-state index in [0.29, 0.717) is 18.5 Å². The topological polar surface area (TPSA) is 64.7 Å². The van der Waals surface area contributed by atoms with Gasteiger partial charge in [-0.1, -0.05) is 31.5 Å². The van der Waals surface area contributed by atoms with E-state index in [2.05, 4.69) is 29.2 Å². The zero-order valence-corrected chi connectivity index (χ0v) is 18.2. The Morgan fingerprint density at radius 2 is 1.90 bits per heavy atom. The van der Waals surface area contributed by atoms with E-state index in [9.17, 15) is 9.18 Å². The number of carbonyl (C=O) groups is 1. The molecule has 31 heavy (non-hydrogen) atoms. The molecular formula is C24H26FN5O. The van der Waals surface area contributed by atoms with Gasteiger partial charge in [0.25, 0.3) is 5.91 Å². The van der Waals surface area contributed by atoms with Crippen LogP contribution in [0.15, 0.2) is 48.7 Å². The third-order valence-electron chi connectivity index (χ3n) is 5.45. The lowest BCUT2D eigenvalue weighted by Gasteiger charge is -2.13. The molecule has 4 aromatic rings. The van der Waals surface area contributed by atoms with Crippen LogP contribution in [0.3, 0.4) is 0 Å². The van der Waals surface area contributed by atoms with Crippen molar-refractivity contribution in [1.82, 2.24) is 24.6 Å². The van der Waals surface area contributed by atoms with Gasteiger partial charge in [0, 0.05) is 20.0 Å². The molecule has 1 N–H and O–H groups in total. The van der Waals surface area contributed by atoms with Gasteiger partial charge in [0.2, 0.25) is 0 Å². The van der Waals surface area contributed by atoms with Gasteiger partial charge in [-0.3, -0.25) is 4.79 Å². The number of amides is 1. The fraction of sp³-hybridized carbons (Fsp3) is 0.292. The molecule has 0 saturated carbocycles. The molecule has 0 aliphatic carbocycles. The maximum Gasteiger partial charge on any atom is 0.254 e. The Hall–Kier alpha value is -3.48. The second-order valence-corrected chi connectivity index (χ2v) is 8.07. The van der Waals surface area contributed by atoms with Crippen LogP contribution in [0, 0.1) is 12.7 Å². The number of rotatable bonds is 6. The highest BCUT2D eigenvalue weighted by atomic mass is 19.1. The molecule has 0 saturated heterocycles. The molecule has 4 rings (SSSR count). The predicted molar refractivity (Wildman–Crippen MR) is 119 cm³/mol. The number of aromatic nitrogens is 4. The van der Waals surface area contributed by atoms with Gasteiger partial charge < -0.3 is 9.88 Å². The van der Waals surface area contributed by atoms with Crippen LogP contribution in [0.5, 0.6) is 0 Å². The van der Waals surface area contributed by atoms with Crippen LogP contribution in [0.25, 0.3) is 16.7 Å². The Morgan fingerprint density at radius 3 is 2.61 bits per heavy atom. The summed E-state index contributed by atoms with van der Waals surface area (Å²) in [5.41, 5.74) is 5.03. The Morgan fingerprint density at radius 1 is 1.16 bits per heavy atom. The molecule has 0 unspecified atom stereocenters. The van der Waals surface area contributed by atoms with E-state index in [1.807, 2.05) is 47.5 Å². The molecule has 0 bridgehead atoms. The van der Waals surface area contributed by atoms with Crippen molar-refractivity contribution in [3.63, 3.8) is 0 Å². The summed E-state index contributed by atoms with van der Waals surface area (Å²) in [6.07, 6.45) is 2.17. The number of hydrogen-bond donors (Lipinski definition) is 1. The summed E-state index contributed by atoms with van der Waals surface area (Å²) in [4.78, 5) is 17.5. The summed E-state index contributed by atoms with van der Waals surface area (Å²) in [7, 11) is 1.86. The molecule has 0 aliphatic rings. The van der Waals surface area contributed by atoms with Gasteiger partial charge in [0.05, 0.1) is 34.2 Å². The average Bonchev–Trinajstić information content (AvgIpc) is 3.31. The Kier molecular flexibility index (Phi) is 5.59. The van der Waals surface area contributed by atoms with Crippen LogP contribution < -0.4 is 5.32 Å². The number of hydrogen-bond acceptors (Lipinski definition) is 3. The summed E-state index contributed by atoms with van der Waals surface area (Å²) in [5, 5.41) is 7.46. The molecule has 6 nitrogen and oxygen atoms in total. The highest BCUT2D eigenvalue weighted by Gasteiger charge is 2.21. The number of nitrogens with zero attached hydrogens (tertiary/aromatic N) is 4. The van der Waals surface area contributed by atoms with Gasteiger partial charge in [-0.2, -0.15) is 5.10 Å². The number of benzene rings is 2. The fourth-order valence-corrected chi connectivity index (χ4v) is 3.80. The standard InChI is InChI=1S/C24H26FN5O/c1-15(2)23-19(14-27-30(23)18-8-5-16(3)6-9-18)24(31)26-12-11-22-28-20-10-7-17(25)13-21(20)29(22)4/h5-10,13-15H,11-12H2,1-4H3,(H,26,31). The molecular weight excluding hydrogens is 393 g/mol. The van der Waals surface area contributed by atoms with Crippen LogP contribution in [0.1, 0.15) is 47.2 Å². The number of fused-ring (bicyclic) bond motifs is 1. The third-order valence-corrected chi connectivity index (χ3v) is 5.45. The van der Waals surface area contributed by atoms with Crippen molar-refractivity contribution >= 4 is 16.9 Å². The van der Waals surface area contributed by atoms with E-state index in [1.54, 1.807) is 12.3 Å². The molecule has 7 heteroatoms. The van der Waals surface area contributed by atoms with Crippen molar-refractivity contribution < 1.29 is 9.18 Å². The van der Waals surface area contributed by atoms with Crippen molar-refractivity contribution in [3.8, 4) is 5.69 Å². The largest absolute Gasteiger partial charge is 0.351 e. The molecule has 1 amide bonds. The maximum atomic E-state index is 13.5. The van der Waals surface area contributed by atoms with E-state index >= 15 is 0 Å². The smallest absolute Gasteiger partial charge is 0.254 e. The Labute approximate surface area is 180 Å². The quantitative estimate of drug-likeness (QED) is 0.507. The van der Waals surface area contributed by atoms with Gasteiger partial charge >= 0.3 is 0 Å². The minimum atomic E-state index is -0.290. The maximum absolute atomic E-state index is 13.5.